The van der Waals surface area contributed by atoms with Crippen molar-refractivity contribution < 1.29 is 4.92 Å². The monoisotopic (exact) mass is 389 g/mol. The fraction of sp³-hybridized carbons (Fsp3) is 0.0588. The van der Waals surface area contributed by atoms with E-state index in [1.54, 1.807) is 24.3 Å². The lowest BCUT2D eigenvalue weighted by atomic mass is 10.2. The van der Waals surface area contributed by atoms with E-state index in [0.717, 1.165) is 5.56 Å². The lowest BCUT2D eigenvalue weighted by Gasteiger charge is -2.11. The van der Waals surface area contributed by atoms with Crippen molar-refractivity contribution in [1.29, 1.82) is 0 Å². The van der Waals surface area contributed by atoms with Crippen LogP contribution in [-0.4, -0.2) is 14.9 Å². The smallest absolute Gasteiger partial charge is 0.334 e. The zero-order valence-electron chi connectivity index (χ0n) is 13.5. The largest absolute Gasteiger partial charge is 0.353 e. The number of nitro groups is 1. The van der Waals surface area contributed by atoms with Gasteiger partial charge in [-0.1, -0.05) is 35.3 Å². The van der Waals surface area contributed by atoms with Crippen molar-refractivity contribution in [3.05, 3.63) is 74.5 Å². The molecule has 3 rings (SSSR count). The van der Waals surface area contributed by atoms with Gasteiger partial charge in [0.25, 0.3) is 0 Å². The van der Waals surface area contributed by atoms with E-state index in [0.29, 0.717) is 21.4 Å². The number of anilines is 4. The molecule has 3 aromatic rings. The summed E-state index contributed by atoms with van der Waals surface area (Å²) in [5, 5.41) is 18.2. The molecular weight excluding hydrogens is 377 g/mol. The highest BCUT2D eigenvalue weighted by Crippen LogP contribution is 2.35. The Morgan fingerprint density at radius 2 is 1.77 bits per heavy atom. The van der Waals surface area contributed by atoms with Crippen molar-refractivity contribution >= 4 is 51.9 Å². The molecule has 132 valence electrons. The van der Waals surface area contributed by atoms with Gasteiger partial charge >= 0.3 is 5.69 Å². The topological polar surface area (TPSA) is 93.0 Å². The van der Waals surface area contributed by atoms with Crippen molar-refractivity contribution in [1.82, 2.24) is 9.97 Å². The normalized spacial score (nSPS) is 10.4. The van der Waals surface area contributed by atoms with Crippen molar-refractivity contribution in [2.45, 2.75) is 6.92 Å². The first-order valence-electron chi connectivity index (χ1n) is 7.49. The Balaban J connectivity index is 2.01. The van der Waals surface area contributed by atoms with E-state index in [-0.39, 0.29) is 17.3 Å². The summed E-state index contributed by atoms with van der Waals surface area (Å²) in [6.45, 7) is 1.92. The standard InChI is InChI=1S/C17H13Cl2N5O2/c1-10-3-2-4-12(7-10)22-16-15(24(25)26)17(21-9-20-16)23-14-8-11(18)5-6-13(14)19/h2-9H,1H3,(H2,20,21,22,23). The highest BCUT2D eigenvalue weighted by molar-refractivity contribution is 6.35. The number of nitrogens with one attached hydrogen (secondary N) is 2. The van der Waals surface area contributed by atoms with Gasteiger partial charge in [-0.2, -0.15) is 0 Å². The van der Waals surface area contributed by atoms with Crippen LogP contribution in [0.5, 0.6) is 0 Å². The van der Waals surface area contributed by atoms with Gasteiger partial charge in [0.15, 0.2) is 0 Å². The molecule has 2 N–H and O–H groups in total. The maximum absolute atomic E-state index is 11.6. The SMILES string of the molecule is Cc1cccc(Nc2ncnc(Nc3cc(Cl)ccc3Cl)c2[N+](=O)[O-])c1. The minimum Gasteiger partial charge on any atom is -0.334 e. The zero-order valence-corrected chi connectivity index (χ0v) is 15.0. The van der Waals surface area contributed by atoms with Crippen molar-refractivity contribution in [2.24, 2.45) is 0 Å². The van der Waals surface area contributed by atoms with Gasteiger partial charge in [0.05, 0.1) is 15.6 Å². The van der Waals surface area contributed by atoms with Crippen LogP contribution in [0.4, 0.5) is 28.7 Å². The molecule has 0 aliphatic heterocycles. The summed E-state index contributed by atoms with van der Waals surface area (Å²) in [6.07, 6.45) is 1.23. The number of halogens is 2. The van der Waals surface area contributed by atoms with Gasteiger partial charge in [-0.15, -0.1) is 0 Å². The molecule has 0 bridgehead atoms. The fourth-order valence-corrected chi connectivity index (χ4v) is 2.65. The molecule has 0 fully saturated rings. The first-order chi connectivity index (χ1) is 12.4. The second-order valence-corrected chi connectivity index (χ2v) is 6.26. The number of aromatic nitrogens is 2. The summed E-state index contributed by atoms with van der Waals surface area (Å²) in [7, 11) is 0. The molecule has 0 atom stereocenters. The summed E-state index contributed by atoms with van der Waals surface area (Å²) < 4.78 is 0. The summed E-state index contributed by atoms with van der Waals surface area (Å²) in [5.74, 6) is 0.0700. The third kappa shape index (κ3) is 4.01. The second-order valence-electron chi connectivity index (χ2n) is 5.42. The molecule has 9 heteroatoms. The molecule has 0 aliphatic rings. The third-order valence-electron chi connectivity index (χ3n) is 3.47. The van der Waals surface area contributed by atoms with Gasteiger partial charge in [0.1, 0.15) is 6.33 Å². The van der Waals surface area contributed by atoms with E-state index >= 15 is 0 Å². The van der Waals surface area contributed by atoms with Gasteiger partial charge in [-0.25, -0.2) is 9.97 Å². The maximum atomic E-state index is 11.6. The molecule has 0 saturated heterocycles. The van der Waals surface area contributed by atoms with Crippen LogP contribution in [0.15, 0.2) is 48.8 Å². The van der Waals surface area contributed by atoms with Crippen LogP contribution in [0.25, 0.3) is 0 Å². The van der Waals surface area contributed by atoms with E-state index in [4.69, 9.17) is 23.2 Å². The van der Waals surface area contributed by atoms with Crippen LogP contribution >= 0.6 is 23.2 Å². The average molecular weight is 390 g/mol. The molecule has 26 heavy (non-hydrogen) atoms. The molecule has 0 amide bonds. The Morgan fingerprint density at radius 1 is 1.04 bits per heavy atom. The van der Waals surface area contributed by atoms with E-state index in [9.17, 15) is 10.1 Å². The third-order valence-corrected chi connectivity index (χ3v) is 4.03. The highest BCUT2D eigenvalue weighted by atomic mass is 35.5. The Labute approximate surface area is 159 Å². The number of aryl methyl sites for hydroxylation is 1. The molecule has 1 heterocycles. The summed E-state index contributed by atoms with van der Waals surface area (Å²) in [6, 6.07) is 12.2. The summed E-state index contributed by atoms with van der Waals surface area (Å²) in [4.78, 5) is 19.1. The Bertz CT molecular complexity index is 981. The second kappa shape index (κ2) is 7.55. The number of benzene rings is 2. The molecular formula is C17H13Cl2N5O2. The molecule has 0 unspecified atom stereocenters. The lowest BCUT2D eigenvalue weighted by Crippen LogP contribution is -2.05. The number of hydrogen-bond donors (Lipinski definition) is 2. The van der Waals surface area contributed by atoms with Crippen LogP contribution in [0, 0.1) is 17.0 Å². The van der Waals surface area contributed by atoms with Gasteiger partial charge in [-0.05, 0) is 42.8 Å². The Morgan fingerprint density at radius 3 is 2.46 bits per heavy atom. The van der Waals surface area contributed by atoms with E-state index in [1.807, 2.05) is 25.1 Å². The minimum atomic E-state index is -0.557. The quantitative estimate of drug-likeness (QED) is 0.442. The predicted octanol–water partition coefficient (Wildman–Crippen LogP) is 5.49. The first-order valence-corrected chi connectivity index (χ1v) is 8.25. The Hall–Kier alpha value is -2.90. The van der Waals surface area contributed by atoms with Crippen LogP contribution < -0.4 is 10.6 Å². The Kier molecular flexibility index (Phi) is 5.20. The average Bonchev–Trinajstić information content (AvgIpc) is 2.58. The molecule has 0 saturated carbocycles. The van der Waals surface area contributed by atoms with E-state index in [2.05, 4.69) is 20.6 Å². The van der Waals surface area contributed by atoms with Crippen molar-refractivity contribution in [3.63, 3.8) is 0 Å². The first kappa shape index (κ1) is 17.9. The fourth-order valence-electron chi connectivity index (χ4n) is 2.32. The lowest BCUT2D eigenvalue weighted by molar-refractivity contribution is -0.383. The van der Waals surface area contributed by atoms with Crippen LogP contribution in [0.3, 0.4) is 0 Å². The highest BCUT2D eigenvalue weighted by Gasteiger charge is 2.24. The van der Waals surface area contributed by atoms with Crippen molar-refractivity contribution in [3.8, 4) is 0 Å². The van der Waals surface area contributed by atoms with E-state index in [1.165, 1.54) is 6.33 Å². The summed E-state index contributed by atoms with van der Waals surface area (Å²) in [5.41, 5.74) is 1.79. The maximum Gasteiger partial charge on any atom is 0.353 e. The van der Waals surface area contributed by atoms with Crippen LogP contribution in [0.1, 0.15) is 5.56 Å². The van der Waals surface area contributed by atoms with Crippen molar-refractivity contribution in [2.75, 3.05) is 10.6 Å². The molecule has 0 spiro atoms. The predicted molar refractivity (Wildman–Crippen MR) is 103 cm³/mol. The number of nitrogens with zero attached hydrogens (tertiary/aromatic N) is 3. The zero-order chi connectivity index (χ0) is 18.7. The van der Waals surface area contributed by atoms with Gasteiger partial charge in [-0.3, -0.25) is 10.1 Å². The van der Waals surface area contributed by atoms with Crippen LogP contribution in [0.2, 0.25) is 10.0 Å². The van der Waals surface area contributed by atoms with Gasteiger partial charge in [0, 0.05) is 10.7 Å². The number of hydrogen-bond acceptors (Lipinski definition) is 6. The number of rotatable bonds is 5. The summed E-state index contributed by atoms with van der Waals surface area (Å²) >= 11 is 12.1. The van der Waals surface area contributed by atoms with Gasteiger partial charge < -0.3 is 10.6 Å². The van der Waals surface area contributed by atoms with E-state index < -0.39 is 4.92 Å². The van der Waals surface area contributed by atoms with Gasteiger partial charge in [0.2, 0.25) is 11.6 Å². The molecule has 1 aromatic heterocycles. The molecule has 0 radical (unpaired) electrons. The minimum absolute atomic E-state index is 0.00400. The van der Waals surface area contributed by atoms with Crippen LogP contribution in [-0.2, 0) is 0 Å². The molecule has 7 nitrogen and oxygen atoms in total. The molecule has 2 aromatic carbocycles. The molecule has 0 aliphatic carbocycles.